The number of hydrogen-bond donors (Lipinski definition) is 2. The third-order valence-electron chi connectivity index (χ3n) is 3.37. The van der Waals surface area contributed by atoms with Crippen molar-refractivity contribution in [3.63, 3.8) is 0 Å². The summed E-state index contributed by atoms with van der Waals surface area (Å²) in [7, 11) is 0. The minimum Gasteiger partial charge on any atom is -0.481 e. The van der Waals surface area contributed by atoms with E-state index in [4.69, 9.17) is 5.11 Å². The molecule has 2 rings (SSSR count). The number of aliphatic carboxylic acids is 1. The first-order valence-corrected chi connectivity index (χ1v) is 8.15. The van der Waals surface area contributed by atoms with Crippen LogP contribution in [0.15, 0.2) is 30.3 Å². The Morgan fingerprint density at radius 1 is 1.33 bits per heavy atom. The van der Waals surface area contributed by atoms with Crippen molar-refractivity contribution in [3.8, 4) is 0 Å². The molecule has 1 unspecified atom stereocenters. The molecule has 1 atom stereocenters. The van der Waals surface area contributed by atoms with Crippen molar-refractivity contribution in [2.75, 3.05) is 23.7 Å². The van der Waals surface area contributed by atoms with Gasteiger partial charge in [0.25, 0.3) is 0 Å². The number of carboxylic acids is 1. The number of nitrogens with one attached hydrogen (secondary N) is 1. The number of benzene rings is 1. The van der Waals surface area contributed by atoms with E-state index in [0.717, 1.165) is 17.9 Å². The molecule has 1 aromatic rings. The Kier molecular flexibility index (Phi) is 5.92. The molecule has 0 bridgehead atoms. The molecular formula is C15H20N2O3S. The van der Waals surface area contributed by atoms with Gasteiger partial charge >= 0.3 is 12.0 Å². The van der Waals surface area contributed by atoms with Gasteiger partial charge in [-0.15, -0.1) is 0 Å². The highest BCUT2D eigenvalue weighted by molar-refractivity contribution is 8.00. The molecule has 0 aliphatic carbocycles. The van der Waals surface area contributed by atoms with E-state index < -0.39 is 5.97 Å². The lowest BCUT2D eigenvalue weighted by Crippen LogP contribution is -2.43. The summed E-state index contributed by atoms with van der Waals surface area (Å²) in [6, 6.07) is 8.94. The molecule has 2 amide bonds. The third kappa shape index (κ3) is 4.97. The molecule has 0 spiro atoms. The van der Waals surface area contributed by atoms with Crippen LogP contribution in [0.2, 0.25) is 0 Å². The van der Waals surface area contributed by atoms with Gasteiger partial charge in [-0.2, -0.15) is 11.8 Å². The highest BCUT2D eigenvalue weighted by atomic mass is 32.2. The maximum atomic E-state index is 12.3. The molecule has 114 valence electrons. The zero-order valence-corrected chi connectivity index (χ0v) is 12.6. The summed E-state index contributed by atoms with van der Waals surface area (Å²) in [5.74, 6) is 0.247. The van der Waals surface area contributed by atoms with Gasteiger partial charge in [-0.1, -0.05) is 18.2 Å². The molecule has 2 N–H and O–H groups in total. The smallest absolute Gasteiger partial charge is 0.321 e. The SMILES string of the molecule is O=C(O)CCN(C(=O)NCC1CCCS1)c1ccccc1. The van der Waals surface area contributed by atoms with E-state index in [1.54, 1.807) is 0 Å². The summed E-state index contributed by atoms with van der Waals surface area (Å²) in [6.07, 6.45) is 2.26. The van der Waals surface area contributed by atoms with E-state index in [2.05, 4.69) is 5.32 Å². The second kappa shape index (κ2) is 7.93. The van der Waals surface area contributed by atoms with Gasteiger partial charge in [-0.05, 0) is 30.7 Å². The van der Waals surface area contributed by atoms with Gasteiger partial charge in [0.15, 0.2) is 0 Å². The van der Waals surface area contributed by atoms with Gasteiger partial charge in [-0.3, -0.25) is 9.69 Å². The number of para-hydroxylation sites is 1. The van der Waals surface area contributed by atoms with Crippen LogP contribution in [0.4, 0.5) is 10.5 Å². The number of thioether (sulfide) groups is 1. The normalized spacial score (nSPS) is 17.4. The topological polar surface area (TPSA) is 69.6 Å². The molecule has 0 aromatic heterocycles. The third-order valence-corrected chi connectivity index (χ3v) is 4.77. The fraction of sp³-hybridized carbons (Fsp3) is 0.467. The van der Waals surface area contributed by atoms with Crippen LogP contribution in [-0.2, 0) is 4.79 Å². The maximum absolute atomic E-state index is 12.3. The van der Waals surface area contributed by atoms with Gasteiger partial charge in [0.1, 0.15) is 0 Å². The number of carbonyl (C=O) groups is 2. The molecule has 1 heterocycles. The lowest BCUT2D eigenvalue weighted by Gasteiger charge is -2.23. The number of carbonyl (C=O) groups excluding carboxylic acids is 1. The van der Waals surface area contributed by atoms with Crippen molar-refractivity contribution in [1.29, 1.82) is 0 Å². The van der Waals surface area contributed by atoms with E-state index >= 15 is 0 Å². The van der Waals surface area contributed by atoms with Crippen molar-refractivity contribution in [3.05, 3.63) is 30.3 Å². The van der Waals surface area contributed by atoms with Gasteiger partial charge in [0.05, 0.1) is 6.42 Å². The van der Waals surface area contributed by atoms with Gasteiger partial charge in [0.2, 0.25) is 0 Å². The standard InChI is InChI=1S/C15H20N2O3S/c18-14(19)8-9-17(12-5-2-1-3-6-12)15(20)16-11-13-7-4-10-21-13/h1-3,5-6,13H,4,7-11H2,(H,16,20)(H,18,19). The van der Waals surface area contributed by atoms with E-state index in [0.29, 0.717) is 11.8 Å². The summed E-state index contributed by atoms with van der Waals surface area (Å²) in [5, 5.41) is 12.2. The Morgan fingerprint density at radius 2 is 2.10 bits per heavy atom. The molecule has 5 nitrogen and oxygen atoms in total. The molecular weight excluding hydrogens is 288 g/mol. The first-order chi connectivity index (χ1) is 10.2. The number of anilines is 1. The van der Waals surface area contributed by atoms with Gasteiger partial charge in [-0.25, -0.2) is 4.79 Å². The Bertz CT molecular complexity index is 475. The molecule has 21 heavy (non-hydrogen) atoms. The molecule has 0 radical (unpaired) electrons. The van der Waals surface area contributed by atoms with E-state index in [1.807, 2.05) is 42.1 Å². The molecule has 1 saturated heterocycles. The Morgan fingerprint density at radius 3 is 2.71 bits per heavy atom. The predicted molar refractivity (Wildman–Crippen MR) is 84.9 cm³/mol. The first-order valence-electron chi connectivity index (χ1n) is 7.10. The zero-order chi connectivity index (χ0) is 15.1. The van der Waals surface area contributed by atoms with Crippen molar-refractivity contribution >= 4 is 29.4 Å². The summed E-state index contributed by atoms with van der Waals surface area (Å²) in [6.45, 7) is 0.808. The van der Waals surface area contributed by atoms with Crippen LogP contribution >= 0.6 is 11.8 Å². The molecule has 6 heteroatoms. The molecule has 1 fully saturated rings. The minimum atomic E-state index is -0.907. The average Bonchev–Trinajstić information content (AvgIpc) is 2.99. The summed E-state index contributed by atoms with van der Waals surface area (Å²) < 4.78 is 0. The van der Waals surface area contributed by atoms with Crippen molar-refractivity contribution in [2.45, 2.75) is 24.5 Å². The van der Waals surface area contributed by atoms with Crippen LogP contribution in [-0.4, -0.2) is 41.2 Å². The fourth-order valence-electron chi connectivity index (χ4n) is 2.27. The van der Waals surface area contributed by atoms with Crippen LogP contribution in [0, 0.1) is 0 Å². The van der Waals surface area contributed by atoms with Crippen LogP contribution in [0.25, 0.3) is 0 Å². The van der Waals surface area contributed by atoms with E-state index in [-0.39, 0.29) is 19.0 Å². The number of carboxylic acid groups (broad SMARTS) is 1. The average molecular weight is 308 g/mol. The number of hydrogen-bond acceptors (Lipinski definition) is 3. The van der Waals surface area contributed by atoms with Crippen molar-refractivity contribution in [1.82, 2.24) is 5.32 Å². The fourth-order valence-corrected chi connectivity index (χ4v) is 3.47. The zero-order valence-electron chi connectivity index (χ0n) is 11.8. The maximum Gasteiger partial charge on any atom is 0.321 e. The second-order valence-corrected chi connectivity index (χ2v) is 6.36. The van der Waals surface area contributed by atoms with Gasteiger partial charge in [0, 0.05) is 24.0 Å². The molecule has 0 saturated carbocycles. The summed E-state index contributed by atoms with van der Waals surface area (Å²) in [5.41, 5.74) is 0.718. The largest absolute Gasteiger partial charge is 0.481 e. The Hall–Kier alpha value is -1.69. The summed E-state index contributed by atoms with van der Waals surface area (Å²) >= 11 is 1.88. The lowest BCUT2D eigenvalue weighted by atomic mass is 10.2. The number of nitrogens with zero attached hydrogens (tertiary/aromatic N) is 1. The van der Waals surface area contributed by atoms with Crippen LogP contribution < -0.4 is 10.2 Å². The van der Waals surface area contributed by atoms with Crippen LogP contribution in [0.5, 0.6) is 0 Å². The Balaban J connectivity index is 1.96. The molecule has 1 aromatic carbocycles. The number of rotatable bonds is 6. The summed E-state index contributed by atoms with van der Waals surface area (Å²) in [4.78, 5) is 24.6. The van der Waals surface area contributed by atoms with Crippen molar-refractivity contribution in [2.24, 2.45) is 0 Å². The highest BCUT2D eigenvalue weighted by Crippen LogP contribution is 2.25. The number of urea groups is 1. The predicted octanol–water partition coefficient (Wildman–Crippen LogP) is 2.57. The minimum absolute atomic E-state index is 0.0690. The highest BCUT2D eigenvalue weighted by Gasteiger charge is 2.20. The molecule has 1 aliphatic heterocycles. The lowest BCUT2D eigenvalue weighted by molar-refractivity contribution is -0.136. The first kappa shape index (κ1) is 15.7. The van der Waals surface area contributed by atoms with E-state index in [1.165, 1.54) is 11.3 Å². The van der Waals surface area contributed by atoms with Crippen molar-refractivity contribution < 1.29 is 14.7 Å². The van der Waals surface area contributed by atoms with E-state index in [9.17, 15) is 9.59 Å². The molecule has 1 aliphatic rings. The van der Waals surface area contributed by atoms with Crippen LogP contribution in [0.3, 0.4) is 0 Å². The second-order valence-electron chi connectivity index (χ2n) is 4.95. The monoisotopic (exact) mass is 308 g/mol. The number of amides is 2. The Labute approximate surface area is 128 Å². The van der Waals surface area contributed by atoms with Crippen LogP contribution in [0.1, 0.15) is 19.3 Å². The quantitative estimate of drug-likeness (QED) is 0.847. The van der Waals surface area contributed by atoms with Gasteiger partial charge < -0.3 is 10.4 Å².